The molecule has 1 rings (SSSR count). The van der Waals surface area contributed by atoms with Crippen LogP contribution in [0.3, 0.4) is 0 Å². The Morgan fingerprint density at radius 3 is 1.95 bits per heavy atom. The second kappa shape index (κ2) is 12.0. The van der Waals surface area contributed by atoms with Gasteiger partial charge in [-0.3, -0.25) is 0 Å². The Hall–Kier alpha value is -1.02. The van der Waals surface area contributed by atoms with Gasteiger partial charge in [-0.2, -0.15) is 0 Å². The number of ether oxygens (including phenoxy) is 2. The van der Waals surface area contributed by atoms with Crippen LogP contribution in [0.4, 0.5) is 0 Å². The van der Waals surface area contributed by atoms with E-state index < -0.39 is 0 Å². The van der Waals surface area contributed by atoms with E-state index in [4.69, 9.17) is 9.47 Å². The van der Waals surface area contributed by atoms with Crippen molar-refractivity contribution >= 4 is 0 Å². The van der Waals surface area contributed by atoms with Crippen LogP contribution in [0.15, 0.2) is 18.2 Å². The van der Waals surface area contributed by atoms with Crippen LogP contribution in [0.2, 0.25) is 0 Å². The van der Waals surface area contributed by atoms with E-state index in [1.807, 2.05) is 0 Å². The Balaban J connectivity index is 0.000000399. The molecule has 0 bridgehead atoms. The zero-order valence-corrected chi connectivity index (χ0v) is 13.3. The quantitative estimate of drug-likeness (QED) is 0.652. The van der Waals surface area contributed by atoms with Gasteiger partial charge in [0.1, 0.15) is 5.75 Å². The fourth-order valence-electron chi connectivity index (χ4n) is 1.47. The lowest BCUT2D eigenvalue weighted by Gasteiger charge is -2.08. The van der Waals surface area contributed by atoms with Gasteiger partial charge < -0.3 is 9.47 Å². The lowest BCUT2D eigenvalue weighted by molar-refractivity contribution is 0.135. The Kier molecular flexibility index (Phi) is 11.4. The van der Waals surface area contributed by atoms with Crippen LogP contribution in [-0.4, -0.2) is 19.8 Å². The lowest BCUT2D eigenvalue weighted by Crippen LogP contribution is -1.96. The number of aryl methyl sites for hydroxylation is 2. The molecule has 0 atom stereocenters. The minimum atomic E-state index is 0.810. The summed E-state index contributed by atoms with van der Waals surface area (Å²) in [6.07, 6.45) is 3.34. The van der Waals surface area contributed by atoms with Gasteiger partial charge in [-0.1, -0.05) is 32.9 Å². The molecule has 0 radical (unpaired) electrons. The van der Waals surface area contributed by atoms with E-state index in [0.717, 1.165) is 44.8 Å². The molecular weight excluding hydrogens is 236 g/mol. The maximum atomic E-state index is 5.57. The molecule has 0 saturated carbocycles. The molecule has 0 aliphatic heterocycles. The van der Waals surface area contributed by atoms with Gasteiger partial charge in [0, 0.05) is 13.2 Å². The first-order chi connectivity index (χ1) is 9.15. The van der Waals surface area contributed by atoms with E-state index in [2.05, 4.69) is 52.8 Å². The fraction of sp³-hybridized carbons (Fsp3) is 0.647. The summed E-state index contributed by atoms with van der Waals surface area (Å²) in [4.78, 5) is 0. The third-order valence-corrected chi connectivity index (χ3v) is 2.50. The lowest BCUT2D eigenvalue weighted by atomic mass is 10.1. The molecule has 110 valence electrons. The van der Waals surface area contributed by atoms with Crippen LogP contribution >= 0.6 is 0 Å². The molecule has 0 N–H and O–H groups in total. The van der Waals surface area contributed by atoms with Crippen molar-refractivity contribution in [1.29, 1.82) is 0 Å². The van der Waals surface area contributed by atoms with Gasteiger partial charge in [0.15, 0.2) is 0 Å². The summed E-state index contributed by atoms with van der Waals surface area (Å²) in [6, 6.07) is 6.29. The molecule has 1 aromatic rings. The molecule has 0 fully saturated rings. The van der Waals surface area contributed by atoms with Crippen LogP contribution < -0.4 is 4.74 Å². The zero-order valence-electron chi connectivity index (χ0n) is 13.3. The number of hydrogen-bond acceptors (Lipinski definition) is 2. The van der Waals surface area contributed by atoms with E-state index in [1.54, 1.807) is 0 Å². The van der Waals surface area contributed by atoms with Gasteiger partial charge in [0.25, 0.3) is 0 Å². The molecule has 0 heterocycles. The van der Waals surface area contributed by atoms with Crippen molar-refractivity contribution < 1.29 is 9.47 Å². The molecule has 0 aliphatic rings. The second-order valence-corrected chi connectivity index (χ2v) is 4.73. The maximum absolute atomic E-state index is 5.57. The van der Waals surface area contributed by atoms with Gasteiger partial charge >= 0.3 is 0 Å². The van der Waals surface area contributed by atoms with Crippen molar-refractivity contribution in [2.45, 2.75) is 53.9 Å². The molecular formula is C17H30O2. The predicted molar refractivity (Wildman–Crippen MR) is 83.1 cm³/mol. The minimum absolute atomic E-state index is 0.810. The van der Waals surface area contributed by atoms with E-state index >= 15 is 0 Å². The topological polar surface area (TPSA) is 18.5 Å². The normalized spacial score (nSPS) is 9.74. The molecule has 0 spiro atoms. The summed E-state index contributed by atoms with van der Waals surface area (Å²) in [5, 5.41) is 0. The Morgan fingerprint density at radius 2 is 1.42 bits per heavy atom. The second-order valence-electron chi connectivity index (χ2n) is 4.73. The average Bonchev–Trinajstić information content (AvgIpc) is 2.41. The Bertz CT molecular complexity index is 317. The average molecular weight is 266 g/mol. The summed E-state index contributed by atoms with van der Waals surface area (Å²) in [5.74, 6) is 1.02. The van der Waals surface area contributed by atoms with Crippen LogP contribution in [0.5, 0.6) is 5.75 Å². The molecule has 0 unspecified atom stereocenters. The number of hydrogen-bond donors (Lipinski definition) is 0. The molecule has 0 amide bonds. The first-order valence-electron chi connectivity index (χ1n) is 7.43. The Morgan fingerprint density at radius 1 is 0.842 bits per heavy atom. The van der Waals surface area contributed by atoms with Crippen LogP contribution in [0.1, 0.15) is 51.2 Å². The first kappa shape index (κ1) is 18.0. The van der Waals surface area contributed by atoms with Gasteiger partial charge in [-0.15, -0.1) is 0 Å². The van der Waals surface area contributed by atoms with Gasteiger partial charge in [0.05, 0.1) is 6.61 Å². The van der Waals surface area contributed by atoms with Gasteiger partial charge in [0.2, 0.25) is 0 Å². The first-order valence-corrected chi connectivity index (χ1v) is 7.43. The van der Waals surface area contributed by atoms with Crippen molar-refractivity contribution in [3.05, 3.63) is 29.3 Å². The third-order valence-electron chi connectivity index (χ3n) is 2.50. The highest BCUT2D eigenvalue weighted by Gasteiger charge is 1.97. The molecule has 2 nitrogen and oxygen atoms in total. The van der Waals surface area contributed by atoms with Gasteiger partial charge in [-0.25, -0.2) is 0 Å². The largest absolute Gasteiger partial charge is 0.493 e. The highest BCUT2D eigenvalue weighted by molar-refractivity contribution is 5.35. The van der Waals surface area contributed by atoms with Crippen LogP contribution in [0, 0.1) is 13.8 Å². The van der Waals surface area contributed by atoms with Crippen molar-refractivity contribution in [1.82, 2.24) is 0 Å². The summed E-state index contributed by atoms with van der Waals surface area (Å²) < 4.78 is 10.7. The van der Waals surface area contributed by atoms with Gasteiger partial charge in [-0.05, 0) is 50.3 Å². The molecule has 19 heavy (non-hydrogen) atoms. The standard InChI is InChI=1S/C11H16O.C6H14O/c1-4-7-12-11-8-9(2)5-6-10(11)3;1-3-5-7-6-4-2/h5-6,8H,4,7H2,1-3H3;3-6H2,1-2H3. The summed E-state index contributed by atoms with van der Waals surface area (Å²) >= 11 is 0. The van der Waals surface area contributed by atoms with E-state index in [-0.39, 0.29) is 0 Å². The summed E-state index contributed by atoms with van der Waals surface area (Å²) in [6.45, 7) is 13.2. The van der Waals surface area contributed by atoms with Crippen molar-refractivity contribution in [3.8, 4) is 5.75 Å². The summed E-state index contributed by atoms with van der Waals surface area (Å²) in [5.41, 5.74) is 2.47. The third kappa shape index (κ3) is 9.54. The van der Waals surface area contributed by atoms with E-state index in [1.165, 1.54) is 11.1 Å². The molecule has 0 saturated heterocycles. The van der Waals surface area contributed by atoms with Crippen molar-refractivity contribution in [2.75, 3.05) is 19.8 Å². The summed E-state index contributed by atoms with van der Waals surface area (Å²) in [7, 11) is 0. The molecule has 2 heteroatoms. The monoisotopic (exact) mass is 266 g/mol. The highest BCUT2D eigenvalue weighted by atomic mass is 16.5. The number of benzene rings is 1. The SMILES string of the molecule is CCCOCCC.CCCOc1cc(C)ccc1C. The molecule has 0 aromatic heterocycles. The van der Waals surface area contributed by atoms with E-state index in [9.17, 15) is 0 Å². The van der Waals surface area contributed by atoms with Crippen LogP contribution in [0.25, 0.3) is 0 Å². The highest BCUT2D eigenvalue weighted by Crippen LogP contribution is 2.18. The van der Waals surface area contributed by atoms with Crippen molar-refractivity contribution in [2.24, 2.45) is 0 Å². The van der Waals surface area contributed by atoms with E-state index in [0.29, 0.717) is 0 Å². The zero-order chi connectivity index (χ0) is 14.5. The maximum Gasteiger partial charge on any atom is 0.122 e. The fourth-order valence-corrected chi connectivity index (χ4v) is 1.47. The Labute approximate surface area is 119 Å². The number of rotatable bonds is 7. The van der Waals surface area contributed by atoms with Crippen molar-refractivity contribution in [3.63, 3.8) is 0 Å². The molecule has 0 aliphatic carbocycles. The van der Waals surface area contributed by atoms with Crippen LogP contribution in [-0.2, 0) is 4.74 Å². The smallest absolute Gasteiger partial charge is 0.122 e. The molecule has 1 aromatic carbocycles. The minimum Gasteiger partial charge on any atom is -0.493 e. The predicted octanol–water partition coefficient (Wildman–Crippen LogP) is 4.92.